The number of nitrogens with one attached hydrogen (secondary N) is 2. The standard InChI is InChI=1S/C21H27N5O4S/c1-13-15(18(28)26(19(29)22-13)11-14-8-6-5-7-9-14)10-17-24-25-20(30-17)31-12-16(27)23-21(2,3)4/h5-9,13,15H,10-12H2,1-4H3,(H,22,29)(H,23,27). The van der Waals surface area contributed by atoms with Crippen LogP contribution in [0.25, 0.3) is 0 Å². The first-order valence-electron chi connectivity index (χ1n) is 10.0. The van der Waals surface area contributed by atoms with E-state index in [4.69, 9.17) is 4.42 Å². The van der Waals surface area contributed by atoms with Gasteiger partial charge in [0.1, 0.15) is 0 Å². The van der Waals surface area contributed by atoms with E-state index in [9.17, 15) is 14.4 Å². The summed E-state index contributed by atoms with van der Waals surface area (Å²) < 4.78 is 5.62. The summed E-state index contributed by atoms with van der Waals surface area (Å²) >= 11 is 1.14. The van der Waals surface area contributed by atoms with Gasteiger partial charge in [-0.1, -0.05) is 42.1 Å². The van der Waals surface area contributed by atoms with Crippen molar-refractivity contribution in [2.24, 2.45) is 5.92 Å². The van der Waals surface area contributed by atoms with E-state index in [0.717, 1.165) is 17.3 Å². The maximum atomic E-state index is 13.0. The number of benzene rings is 1. The van der Waals surface area contributed by atoms with Gasteiger partial charge in [0, 0.05) is 18.0 Å². The maximum absolute atomic E-state index is 13.0. The van der Waals surface area contributed by atoms with Gasteiger partial charge in [-0.2, -0.15) is 0 Å². The van der Waals surface area contributed by atoms with Gasteiger partial charge in [0.05, 0.1) is 18.2 Å². The van der Waals surface area contributed by atoms with Crippen LogP contribution in [-0.2, 0) is 22.6 Å². The lowest BCUT2D eigenvalue weighted by atomic mass is 9.93. The molecule has 2 unspecified atom stereocenters. The summed E-state index contributed by atoms with van der Waals surface area (Å²) in [5.74, 6) is -0.494. The highest BCUT2D eigenvalue weighted by atomic mass is 32.2. The molecular formula is C21H27N5O4S. The van der Waals surface area contributed by atoms with E-state index >= 15 is 0 Å². The first-order chi connectivity index (χ1) is 14.6. The highest BCUT2D eigenvalue weighted by molar-refractivity contribution is 7.99. The molecule has 1 aromatic heterocycles. The zero-order chi connectivity index (χ0) is 22.6. The highest BCUT2D eigenvalue weighted by Gasteiger charge is 2.39. The lowest BCUT2D eigenvalue weighted by molar-refractivity contribution is -0.135. The Morgan fingerprint density at radius 3 is 2.61 bits per heavy atom. The molecule has 0 radical (unpaired) electrons. The molecule has 0 spiro atoms. The summed E-state index contributed by atoms with van der Waals surface area (Å²) in [6.07, 6.45) is 0.202. The smallest absolute Gasteiger partial charge is 0.324 e. The van der Waals surface area contributed by atoms with Crippen molar-refractivity contribution in [1.29, 1.82) is 0 Å². The number of hydrogen-bond donors (Lipinski definition) is 2. The number of carbonyl (C=O) groups is 3. The van der Waals surface area contributed by atoms with E-state index in [0.29, 0.717) is 5.89 Å². The monoisotopic (exact) mass is 445 g/mol. The molecule has 3 rings (SSSR count). The molecule has 0 aliphatic carbocycles. The minimum atomic E-state index is -0.524. The molecule has 9 nitrogen and oxygen atoms in total. The molecule has 1 fully saturated rings. The zero-order valence-corrected chi connectivity index (χ0v) is 18.9. The molecule has 0 saturated carbocycles. The number of urea groups is 1. The molecule has 2 N–H and O–H groups in total. The van der Waals surface area contributed by atoms with Gasteiger partial charge in [0.15, 0.2) is 0 Å². The Kier molecular flexibility index (Phi) is 6.99. The molecule has 1 aromatic carbocycles. The molecule has 1 saturated heterocycles. The molecule has 1 aliphatic rings. The average Bonchev–Trinajstić information content (AvgIpc) is 3.14. The second kappa shape index (κ2) is 9.51. The predicted octanol–water partition coefficient (Wildman–Crippen LogP) is 2.38. The van der Waals surface area contributed by atoms with Gasteiger partial charge in [0.2, 0.25) is 17.7 Å². The highest BCUT2D eigenvalue weighted by Crippen LogP contribution is 2.23. The summed E-state index contributed by atoms with van der Waals surface area (Å²) in [7, 11) is 0. The fourth-order valence-corrected chi connectivity index (χ4v) is 3.80. The van der Waals surface area contributed by atoms with Crippen LogP contribution >= 0.6 is 11.8 Å². The lowest BCUT2D eigenvalue weighted by Crippen LogP contribution is -2.59. The first-order valence-corrected chi connectivity index (χ1v) is 11.0. The van der Waals surface area contributed by atoms with E-state index in [-0.39, 0.29) is 47.3 Å². The van der Waals surface area contributed by atoms with Crippen LogP contribution < -0.4 is 10.6 Å². The zero-order valence-electron chi connectivity index (χ0n) is 18.0. The summed E-state index contributed by atoms with van der Waals surface area (Å²) in [4.78, 5) is 38.6. The van der Waals surface area contributed by atoms with Gasteiger partial charge in [-0.25, -0.2) is 4.79 Å². The molecule has 4 amide bonds. The SMILES string of the molecule is CC1NC(=O)N(Cc2ccccc2)C(=O)C1Cc1nnc(SCC(=O)NC(C)(C)C)o1. The maximum Gasteiger partial charge on any atom is 0.324 e. The van der Waals surface area contributed by atoms with E-state index in [1.165, 1.54) is 4.90 Å². The third-order valence-corrected chi connectivity index (χ3v) is 5.47. The summed E-state index contributed by atoms with van der Waals surface area (Å²) in [5, 5.41) is 13.9. The van der Waals surface area contributed by atoms with Gasteiger partial charge < -0.3 is 15.1 Å². The Balaban J connectivity index is 1.61. The van der Waals surface area contributed by atoms with Gasteiger partial charge >= 0.3 is 6.03 Å². The van der Waals surface area contributed by atoms with Crippen molar-refractivity contribution >= 4 is 29.6 Å². The number of amides is 4. The molecule has 10 heteroatoms. The number of nitrogens with zero attached hydrogens (tertiary/aromatic N) is 3. The van der Waals surface area contributed by atoms with Crippen molar-refractivity contribution in [3.63, 3.8) is 0 Å². The topological polar surface area (TPSA) is 117 Å². The second-order valence-electron chi connectivity index (χ2n) is 8.51. The van der Waals surface area contributed by atoms with Crippen molar-refractivity contribution in [3.8, 4) is 0 Å². The molecule has 2 heterocycles. The Morgan fingerprint density at radius 2 is 1.94 bits per heavy atom. The fraction of sp³-hybridized carbons (Fsp3) is 0.476. The number of carbonyl (C=O) groups excluding carboxylic acids is 3. The quantitative estimate of drug-likeness (QED) is 0.628. The van der Waals surface area contributed by atoms with Crippen LogP contribution in [0, 0.1) is 5.92 Å². The molecular weight excluding hydrogens is 418 g/mol. The van der Waals surface area contributed by atoms with E-state index in [1.54, 1.807) is 6.92 Å². The molecule has 2 atom stereocenters. The van der Waals surface area contributed by atoms with Crippen molar-refractivity contribution in [1.82, 2.24) is 25.7 Å². The molecule has 166 valence electrons. The largest absolute Gasteiger partial charge is 0.416 e. The third-order valence-electron chi connectivity index (χ3n) is 4.65. The van der Waals surface area contributed by atoms with E-state index < -0.39 is 11.9 Å². The Labute approximate surface area is 185 Å². The van der Waals surface area contributed by atoms with Crippen LogP contribution in [0.4, 0.5) is 4.79 Å². The van der Waals surface area contributed by atoms with Crippen molar-refractivity contribution < 1.29 is 18.8 Å². The summed E-state index contributed by atoms with van der Waals surface area (Å²) in [6, 6.07) is 8.56. The number of aromatic nitrogens is 2. The normalized spacial score (nSPS) is 19.3. The van der Waals surface area contributed by atoms with Crippen LogP contribution in [-0.4, -0.2) is 50.3 Å². The minimum absolute atomic E-state index is 0.132. The Bertz CT molecular complexity index is 941. The lowest BCUT2D eigenvalue weighted by Gasteiger charge is -2.35. The van der Waals surface area contributed by atoms with Crippen molar-refractivity contribution in [2.75, 3.05) is 5.75 Å². The Morgan fingerprint density at radius 1 is 1.23 bits per heavy atom. The molecule has 0 bridgehead atoms. The second-order valence-corrected chi connectivity index (χ2v) is 9.43. The number of imide groups is 1. The average molecular weight is 446 g/mol. The first kappa shape index (κ1) is 22.8. The van der Waals surface area contributed by atoms with E-state index in [2.05, 4.69) is 20.8 Å². The number of hydrogen-bond acceptors (Lipinski definition) is 7. The van der Waals surface area contributed by atoms with Gasteiger partial charge in [-0.15, -0.1) is 10.2 Å². The van der Waals surface area contributed by atoms with Crippen LogP contribution in [0.1, 0.15) is 39.1 Å². The molecule has 31 heavy (non-hydrogen) atoms. The minimum Gasteiger partial charge on any atom is -0.416 e. The number of rotatable bonds is 7. The Hall–Kier alpha value is -2.88. The summed E-state index contributed by atoms with van der Waals surface area (Å²) in [6.45, 7) is 7.69. The van der Waals surface area contributed by atoms with Crippen LogP contribution in [0.2, 0.25) is 0 Å². The third kappa shape index (κ3) is 6.30. The molecule has 1 aliphatic heterocycles. The molecule has 2 aromatic rings. The van der Waals surface area contributed by atoms with Gasteiger partial charge in [-0.3, -0.25) is 14.5 Å². The van der Waals surface area contributed by atoms with Crippen molar-refractivity contribution in [2.45, 2.75) is 57.5 Å². The summed E-state index contributed by atoms with van der Waals surface area (Å²) in [5.41, 5.74) is 0.551. The predicted molar refractivity (Wildman–Crippen MR) is 115 cm³/mol. The van der Waals surface area contributed by atoms with Crippen LogP contribution in [0.5, 0.6) is 0 Å². The van der Waals surface area contributed by atoms with Crippen molar-refractivity contribution in [3.05, 3.63) is 41.8 Å². The van der Waals surface area contributed by atoms with Crippen LogP contribution in [0.3, 0.4) is 0 Å². The van der Waals surface area contributed by atoms with E-state index in [1.807, 2.05) is 51.1 Å². The number of thioether (sulfide) groups is 1. The van der Waals surface area contributed by atoms with Gasteiger partial charge in [0.25, 0.3) is 5.22 Å². The fourth-order valence-electron chi connectivity index (χ4n) is 3.22. The van der Waals surface area contributed by atoms with Crippen LogP contribution in [0.15, 0.2) is 40.0 Å². The van der Waals surface area contributed by atoms with Gasteiger partial charge in [-0.05, 0) is 33.3 Å².